The minimum Gasteiger partial charge on any atom is -0.465 e. The predicted octanol–water partition coefficient (Wildman–Crippen LogP) is 5.24. The van der Waals surface area contributed by atoms with Gasteiger partial charge in [-0.05, 0) is 50.3 Å². The number of aromatic nitrogens is 2. The number of nitrogens with zero attached hydrogens (tertiary/aromatic N) is 2. The molecule has 0 saturated heterocycles. The van der Waals surface area contributed by atoms with Crippen LogP contribution in [-0.4, -0.2) is 47.3 Å². The molecule has 1 N–H and O–H groups in total. The fourth-order valence-electron chi connectivity index (χ4n) is 3.21. The Morgan fingerprint density at radius 2 is 1.74 bits per heavy atom. The summed E-state index contributed by atoms with van der Waals surface area (Å²) in [6.07, 6.45) is 0.759. The lowest BCUT2D eigenvalue weighted by Gasteiger charge is -2.21. The number of methoxy groups -OCH3 is 1. The zero-order valence-electron chi connectivity index (χ0n) is 20.7. The van der Waals surface area contributed by atoms with E-state index >= 15 is 0 Å². The first-order chi connectivity index (χ1) is 16.5. The van der Waals surface area contributed by atoms with E-state index in [9.17, 15) is 14.4 Å². The molecule has 1 amide bonds. The van der Waals surface area contributed by atoms with E-state index < -0.39 is 23.6 Å². The number of carbonyl (C=O) groups is 3. The number of benzene rings is 2. The molecule has 9 nitrogen and oxygen atoms in total. The van der Waals surface area contributed by atoms with Crippen LogP contribution in [0.2, 0.25) is 0 Å². The zero-order chi connectivity index (χ0) is 25.8. The average Bonchev–Trinajstić information content (AvgIpc) is 2.80. The summed E-state index contributed by atoms with van der Waals surface area (Å²) < 4.78 is 15.5. The third kappa shape index (κ3) is 6.53. The average molecular weight is 480 g/mol. The largest absolute Gasteiger partial charge is 0.465 e. The smallest absolute Gasteiger partial charge is 0.412 e. The Kier molecular flexibility index (Phi) is 7.68. The highest BCUT2D eigenvalue weighted by molar-refractivity contribution is 6.10. The Morgan fingerprint density at radius 1 is 1.03 bits per heavy atom. The van der Waals surface area contributed by atoms with E-state index in [0.717, 1.165) is 5.39 Å². The molecule has 3 aromatic rings. The third-order valence-electron chi connectivity index (χ3n) is 4.72. The first-order valence-electron chi connectivity index (χ1n) is 11.1. The molecule has 1 heterocycles. The van der Waals surface area contributed by atoms with Gasteiger partial charge in [0.05, 0.1) is 25.0 Å². The van der Waals surface area contributed by atoms with Crippen molar-refractivity contribution in [2.75, 3.05) is 19.0 Å². The molecule has 0 aliphatic rings. The van der Waals surface area contributed by atoms with Crippen molar-refractivity contribution in [1.82, 2.24) is 9.97 Å². The maximum Gasteiger partial charge on any atom is 0.412 e. The van der Waals surface area contributed by atoms with Crippen LogP contribution in [0.1, 0.15) is 55.5 Å². The maximum absolute atomic E-state index is 12.6. The topological polar surface area (TPSA) is 117 Å². The second kappa shape index (κ2) is 10.5. The number of esters is 2. The molecule has 0 unspecified atom stereocenters. The highest BCUT2D eigenvalue weighted by atomic mass is 16.6. The summed E-state index contributed by atoms with van der Waals surface area (Å²) in [7, 11) is 1.26. The van der Waals surface area contributed by atoms with Gasteiger partial charge in [-0.15, -0.1) is 0 Å². The van der Waals surface area contributed by atoms with Gasteiger partial charge in [-0.2, -0.15) is 0 Å². The van der Waals surface area contributed by atoms with Gasteiger partial charge >= 0.3 is 18.0 Å². The van der Waals surface area contributed by atoms with E-state index in [2.05, 4.69) is 15.3 Å². The van der Waals surface area contributed by atoms with Crippen LogP contribution in [0.15, 0.2) is 42.6 Å². The van der Waals surface area contributed by atoms with Crippen molar-refractivity contribution >= 4 is 34.5 Å². The number of ether oxygens (including phenoxy) is 3. The highest BCUT2D eigenvalue weighted by Gasteiger charge is 2.22. The van der Waals surface area contributed by atoms with Crippen LogP contribution in [0, 0.1) is 5.92 Å². The molecule has 0 aliphatic carbocycles. The van der Waals surface area contributed by atoms with Crippen LogP contribution in [0.4, 0.5) is 10.5 Å². The fourth-order valence-corrected chi connectivity index (χ4v) is 3.21. The van der Waals surface area contributed by atoms with Gasteiger partial charge in [0.15, 0.2) is 11.5 Å². The number of fused-ring (bicyclic) bond motifs is 1. The Hall–Kier alpha value is -4.01. The molecular formula is C26H29N3O6. The van der Waals surface area contributed by atoms with Crippen LogP contribution >= 0.6 is 0 Å². The maximum atomic E-state index is 12.6. The molecule has 1 aromatic heterocycles. The van der Waals surface area contributed by atoms with Gasteiger partial charge in [-0.25, -0.2) is 24.4 Å². The molecule has 0 saturated carbocycles. The van der Waals surface area contributed by atoms with Crippen LogP contribution in [0.25, 0.3) is 22.2 Å². The summed E-state index contributed by atoms with van der Waals surface area (Å²) in [6, 6.07) is 10.1. The van der Waals surface area contributed by atoms with E-state index in [-0.39, 0.29) is 35.3 Å². The van der Waals surface area contributed by atoms with E-state index in [4.69, 9.17) is 14.2 Å². The first-order valence-corrected chi connectivity index (χ1v) is 11.1. The Bertz CT molecular complexity index is 1260. The van der Waals surface area contributed by atoms with E-state index in [1.54, 1.807) is 51.1 Å². The Balaban J connectivity index is 2.07. The van der Waals surface area contributed by atoms with Crippen molar-refractivity contribution in [2.24, 2.45) is 5.92 Å². The van der Waals surface area contributed by atoms with Gasteiger partial charge in [0.1, 0.15) is 5.60 Å². The molecule has 0 fully saturated rings. The van der Waals surface area contributed by atoms with Gasteiger partial charge < -0.3 is 14.2 Å². The minimum absolute atomic E-state index is 0.131. The monoisotopic (exact) mass is 479 g/mol. The molecular weight excluding hydrogens is 450 g/mol. The van der Waals surface area contributed by atoms with E-state index in [1.807, 2.05) is 13.8 Å². The number of nitrogens with one attached hydrogen (secondary N) is 1. The molecule has 0 radical (unpaired) electrons. The zero-order valence-corrected chi connectivity index (χ0v) is 20.7. The molecule has 0 aliphatic heterocycles. The molecule has 184 valence electrons. The normalized spacial score (nSPS) is 11.3. The SMILES string of the molecule is COC(=O)c1ccc2ccc(-c3nccc(C(=O)OCC(C)C)n3)cc2c1NC(=O)OC(C)(C)C. The summed E-state index contributed by atoms with van der Waals surface area (Å²) in [6.45, 7) is 9.39. The van der Waals surface area contributed by atoms with Crippen LogP contribution in [0.3, 0.4) is 0 Å². The van der Waals surface area contributed by atoms with Crippen molar-refractivity contribution in [3.05, 3.63) is 53.9 Å². The van der Waals surface area contributed by atoms with Crippen molar-refractivity contribution in [1.29, 1.82) is 0 Å². The van der Waals surface area contributed by atoms with Gasteiger partial charge in [-0.1, -0.05) is 32.0 Å². The van der Waals surface area contributed by atoms with Crippen molar-refractivity contribution in [3.63, 3.8) is 0 Å². The van der Waals surface area contributed by atoms with E-state index in [0.29, 0.717) is 10.9 Å². The molecule has 35 heavy (non-hydrogen) atoms. The standard InChI is InChI=1S/C26H29N3O6/c1-15(2)14-34-24(31)20-11-12-27-22(28-20)17-8-7-16-9-10-18(23(30)33-6)21(19(16)13-17)29-25(32)35-26(3,4)5/h7-13,15H,14H2,1-6H3,(H,29,32). The van der Waals surface area contributed by atoms with Gasteiger partial charge in [0.2, 0.25) is 0 Å². The fraction of sp³-hybridized carbons (Fsp3) is 0.346. The Morgan fingerprint density at radius 3 is 2.40 bits per heavy atom. The molecule has 0 spiro atoms. The van der Waals surface area contributed by atoms with Crippen LogP contribution in [0.5, 0.6) is 0 Å². The lowest BCUT2D eigenvalue weighted by molar-refractivity contribution is 0.0451. The van der Waals surface area contributed by atoms with Crippen LogP contribution in [-0.2, 0) is 14.2 Å². The molecule has 0 bridgehead atoms. The summed E-state index contributed by atoms with van der Waals surface area (Å²) in [5.41, 5.74) is 0.369. The number of carbonyl (C=O) groups excluding carboxylic acids is 3. The van der Waals surface area contributed by atoms with Gasteiger partial charge in [-0.3, -0.25) is 5.32 Å². The number of anilines is 1. The molecule has 9 heteroatoms. The second-order valence-electron chi connectivity index (χ2n) is 9.30. The van der Waals surface area contributed by atoms with Gasteiger partial charge in [0, 0.05) is 17.1 Å². The lowest BCUT2D eigenvalue weighted by Crippen LogP contribution is -2.28. The summed E-state index contributed by atoms with van der Waals surface area (Å²) in [5.74, 6) is -0.670. The summed E-state index contributed by atoms with van der Waals surface area (Å²) >= 11 is 0. The molecule has 2 aromatic carbocycles. The first kappa shape index (κ1) is 25.6. The van der Waals surface area contributed by atoms with E-state index in [1.165, 1.54) is 19.4 Å². The predicted molar refractivity (Wildman–Crippen MR) is 131 cm³/mol. The van der Waals surface area contributed by atoms with Crippen molar-refractivity contribution in [2.45, 2.75) is 40.2 Å². The quantitative estimate of drug-likeness (QED) is 0.377. The second-order valence-corrected chi connectivity index (χ2v) is 9.30. The van der Waals surface area contributed by atoms with Crippen molar-refractivity contribution < 1.29 is 28.6 Å². The van der Waals surface area contributed by atoms with Crippen molar-refractivity contribution in [3.8, 4) is 11.4 Å². The minimum atomic E-state index is -0.732. The number of hydrogen-bond acceptors (Lipinski definition) is 8. The number of rotatable bonds is 6. The summed E-state index contributed by atoms with van der Waals surface area (Å²) in [5, 5.41) is 3.98. The highest BCUT2D eigenvalue weighted by Crippen LogP contribution is 2.32. The molecule has 3 rings (SSSR count). The van der Waals surface area contributed by atoms with Gasteiger partial charge in [0.25, 0.3) is 0 Å². The summed E-state index contributed by atoms with van der Waals surface area (Å²) in [4.78, 5) is 46.0. The molecule has 0 atom stereocenters. The third-order valence-corrected chi connectivity index (χ3v) is 4.72. The van der Waals surface area contributed by atoms with Crippen LogP contribution < -0.4 is 5.32 Å². The number of amides is 1. The lowest BCUT2D eigenvalue weighted by atomic mass is 10.0. The number of hydrogen-bond donors (Lipinski definition) is 1. The Labute approximate surface area is 203 Å².